The summed E-state index contributed by atoms with van der Waals surface area (Å²) in [5.41, 5.74) is 6.71. The van der Waals surface area contributed by atoms with Crippen LogP contribution < -0.4 is 21.1 Å². The fourth-order valence-corrected chi connectivity index (χ4v) is 11.2. The molecule has 2 unspecified atom stereocenters. The number of alkyl halides is 3. The first kappa shape index (κ1) is 36.1. The fraction of sp³-hybridized carbons (Fsp3) is 0.487. The van der Waals surface area contributed by atoms with Gasteiger partial charge in [0, 0.05) is 67.2 Å². The molecule has 3 aromatic rings. The summed E-state index contributed by atoms with van der Waals surface area (Å²) in [5, 5.41) is 16.9. The number of benzene rings is 2. The van der Waals surface area contributed by atoms with E-state index in [0.29, 0.717) is 62.4 Å². The second-order valence-electron chi connectivity index (χ2n) is 16.3. The standard InChI is InChI=1S/C39H37ClF5N7O3S/c40-29-27(21-2-3-24(42)33-26(21)22(13-46)34(47)56-33)30(43)32-28-31(29)48-18-49-35(28)52-9-7-37(15-50(16-37)36(53)23-12-39(23,44)45)6-4-20(52)10-25(55-32)54-17-38-5-1-8-51(38)14-19(41)11-38/h2-4,10,19,23,35,48-49H,1,5-9,11-12,14-18,47H2/t19-,23?,35?,38+/m1/s1. The van der Waals surface area contributed by atoms with E-state index < -0.39 is 53.7 Å². The Labute approximate surface area is 327 Å². The van der Waals surface area contributed by atoms with Crippen molar-refractivity contribution in [2.45, 2.75) is 62.3 Å². The van der Waals surface area contributed by atoms with Gasteiger partial charge in [-0.3, -0.25) is 15.0 Å². The van der Waals surface area contributed by atoms with Crippen molar-refractivity contribution in [1.29, 1.82) is 5.26 Å². The number of hydrogen-bond donors (Lipinski definition) is 3. The number of nitrogens with two attached hydrogens (primary N) is 1. The van der Waals surface area contributed by atoms with Gasteiger partial charge in [0.25, 0.3) is 11.9 Å². The number of nitrogen functional groups attached to an aromatic ring is 1. The Bertz CT molecular complexity index is 2330. The Kier molecular flexibility index (Phi) is 8.11. The van der Waals surface area contributed by atoms with Crippen LogP contribution in [-0.4, -0.2) is 84.2 Å². The van der Waals surface area contributed by atoms with Crippen molar-refractivity contribution >= 4 is 49.6 Å². The summed E-state index contributed by atoms with van der Waals surface area (Å²) in [6.07, 6.45) is 4.70. The lowest BCUT2D eigenvalue weighted by atomic mass is 9.74. The molecule has 294 valence electrons. The van der Waals surface area contributed by atoms with Gasteiger partial charge < -0.3 is 30.3 Å². The number of nitriles is 1. The number of ether oxygens (including phenoxy) is 2. The minimum absolute atomic E-state index is 0.00572. The minimum atomic E-state index is -2.94. The molecule has 4 atom stereocenters. The lowest BCUT2D eigenvalue weighted by Crippen LogP contribution is -2.59. The van der Waals surface area contributed by atoms with Crippen LogP contribution in [0.2, 0.25) is 5.02 Å². The van der Waals surface area contributed by atoms with Gasteiger partial charge in [0.05, 0.1) is 38.7 Å². The van der Waals surface area contributed by atoms with Gasteiger partial charge in [0.2, 0.25) is 5.91 Å². The van der Waals surface area contributed by atoms with Gasteiger partial charge in [-0.2, -0.15) is 5.26 Å². The quantitative estimate of drug-likeness (QED) is 0.230. The van der Waals surface area contributed by atoms with Gasteiger partial charge in [0.1, 0.15) is 41.7 Å². The van der Waals surface area contributed by atoms with E-state index >= 15 is 8.78 Å². The highest BCUT2D eigenvalue weighted by Gasteiger charge is 2.64. The van der Waals surface area contributed by atoms with E-state index in [0.717, 1.165) is 30.7 Å². The van der Waals surface area contributed by atoms with E-state index in [9.17, 15) is 23.2 Å². The van der Waals surface area contributed by atoms with Crippen molar-refractivity contribution in [2.24, 2.45) is 11.3 Å². The molecule has 3 saturated heterocycles. The summed E-state index contributed by atoms with van der Waals surface area (Å²) in [7, 11) is 0. The Morgan fingerprint density at radius 2 is 2.00 bits per heavy atom. The monoisotopic (exact) mass is 813 g/mol. The number of allylic oxidation sites excluding steroid dienone is 2. The number of thiophene rings is 1. The minimum Gasteiger partial charge on any atom is -0.463 e. The van der Waals surface area contributed by atoms with Crippen molar-refractivity contribution in [2.75, 3.05) is 57.0 Å². The first-order chi connectivity index (χ1) is 26.8. The van der Waals surface area contributed by atoms with E-state index in [1.54, 1.807) is 6.08 Å². The number of nitrogens with zero attached hydrogens (tertiary/aromatic N) is 4. The number of rotatable bonds is 5. The van der Waals surface area contributed by atoms with Crippen molar-refractivity contribution in [3.8, 4) is 22.9 Å². The second kappa shape index (κ2) is 12.6. The summed E-state index contributed by atoms with van der Waals surface area (Å²) in [5.74, 6) is -6.42. The maximum Gasteiger partial charge on any atom is 0.286 e. The van der Waals surface area contributed by atoms with E-state index in [1.807, 2.05) is 12.1 Å². The van der Waals surface area contributed by atoms with Crippen LogP contribution in [0.4, 0.5) is 32.6 Å². The van der Waals surface area contributed by atoms with Gasteiger partial charge in [-0.15, -0.1) is 11.3 Å². The van der Waals surface area contributed by atoms with Crippen molar-refractivity contribution in [3.63, 3.8) is 0 Å². The predicted octanol–water partition coefficient (Wildman–Crippen LogP) is 7.22. The highest BCUT2D eigenvalue weighted by atomic mass is 35.5. The SMILES string of the molecule is N#Cc1c(N)sc2c(F)ccc(-c3c(F)c4c5c(c3Cl)NCNC5N3CCC5(CC=C3C=C(OC[C@@]36CCCN3C[C@H](F)C6)O4)CN(C(=O)C3CC3(F)F)C5)c12. The van der Waals surface area contributed by atoms with Crippen LogP contribution in [0, 0.1) is 34.3 Å². The van der Waals surface area contributed by atoms with Crippen LogP contribution in [-0.2, 0) is 9.53 Å². The number of hydrogen-bond acceptors (Lipinski definition) is 10. The van der Waals surface area contributed by atoms with Gasteiger partial charge >= 0.3 is 0 Å². The average Bonchev–Trinajstić information content (AvgIpc) is 3.33. The molecule has 7 aliphatic rings. The lowest BCUT2D eigenvalue weighted by molar-refractivity contribution is -0.147. The van der Waals surface area contributed by atoms with Crippen LogP contribution in [0.25, 0.3) is 21.2 Å². The van der Waals surface area contributed by atoms with Crippen molar-refractivity contribution < 1.29 is 36.2 Å². The summed E-state index contributed by atoms with van der Waals surface area (Å²) < 4.78 is 88.1. The van der Waals surface area contributed by atoms with E-state index in [-0.39, 0.29) is 67.2 Å². The zero-order chi connectivity index (χ0) is 38.9. The first-order valence-electron chi connectivity index (χ1n) is 18.8. The zero-order valence-corrected chi connectivity index (χ0v) is 31.6. The summed E-state index contributed by atoms with van der Waals surface area (Å²) in [6.45, 7) is 2.51. The fourth-order valence-electron chi connectivity index (χ4n) is 9.90. The molecule has 4 fully saturated rings. The molecule has 10 nitrogen and oxygen atoms in total. The highest BCUT2D eigenvalue weighted by molar-refractivity contribution is 7.23. The van der Waals surface area contributed by atoms with Crippen LogP contribution in [0.1, 0.15) is 55.8 Å². The summed E-state index contributed by atoms with van der Waals surface area (Å²) in [4.78, 5) is 18.5. The smallest absolute Gasteiger partial charge is 0.286 e. The van der Waals surface area contributed by atoms with Gasteiger partial charge in [-0.1, -0.05) is 23.7 Å². The Morgan fingerprint density at radius 3 is 2.77 bits per heavy atom. The number of carbonyl (C=O) groups excluding carboxylic acids is 1. The molecule has 56 heavy (non-hydrogen) atoms. The topological polar surface area (TPSA) is 119 Å². The molecule has 0 bridgehead atoms. The third kappa shape index (κ3) is 5.40. The number of amides is 1. The van der Waals surface area contributed by atoms with Crippen LogP contribution in [0.5, 0.6) is 5.75 Å². The highest BCUT2D eigenvalue weighted by Crippen LogP contribution is 2.55. The Morgan fingerprint density at radius 1 is 1.20 bits per heavy atom. The molecule has 17 heteroatoms. The van der Waals surface area contributed by atoms with Crippen molar-refractivity contribution in [3.05, 3.63) is 63.7 Å². The average molecular weight is 814 g/mol. The lowest BCUT2D eigenvalue weighted by Gasteiger charge is -2.50. The number of nitrogens with one attached hydrogen (secondary N) is 2. The first-order valence-corrected chi connectivity index (χ1v) is 20.0. The number of likely N-dealkylation sites (tertiary alicyclic amines) is 1. The maximum absolute atomic E-state index is 17.6. The van der Waals surface area contributed by atoms with Crippen molar-refractivity contribution in [1.82, 2.24) is 20.0 Å². The Balaban J connectivity index is 1.07. The summed E-state index contributed by atoms with van der Waals surface area (Å²) in [6, 6.07) is 4.59. The molecule has 6 aliphatic heterocycles. The molecule has 0 radical (unpaired) electrons. The molecular formula is C39H37ClF5N7O3S. The molecule has 2 aromatic carbocycles. The molecule has 7 heterocycles. The second-order valence-corrected chi connectivity index (χ2v) is 17.7. The predicted molar refractivity (Wildman–Crippen MR) is 199 cm³/mol. The Hall–Kier alpha value is -4.30. The van der Waals surface area contributed by atoms with E-state index in [2.05, 4.69) is 20.4 Å². The van der Waals surface area contributed by atoms with Gasteiger partial charge in [-0.05, 0) is 43.9 Å². The third-order valence-corrected chi connectivity index (χ3v) is 14.3. The molecule has 10 rings (SSSR count). The maximum atomic E-state index is 17.6. The number of anilines is 2. The zero-order valence-electron chi connectivity index (χ0n) is 30.0. The van der Waals surface area contributed by atoms with E-state index in [1.165, 1.54) is 17.0 Å². The molecule has 4 N–H and O–H groups in total. The number of fused-ring (bicyclic) bond motifs is 4. The molecular weight excluding hydrogens is 777 g/mol. The number of carbonyl (C=O) groups is 1. The molecule has 1 aliphatic carbocycles. The van der Waals surface area contributed by atoms with Crippen LogP contribution >= 0.6 is 22.9 Å². The van der Waals surface area contributed by atoms with E-state index in [4.69, 9.17) is 26.8 Å². The molecule has 1 saturated carbocycles. The largest absolute Gasteiger partial charge is 0.463 e. The number of halogens is 6. The van der Waals surface area contributed by atoms with Gasteiger partial charge in [-0.25, -0.2) is 22.0 Å². The van der Waals surface area contributed by atoms with Gasteiger partial charge in [0.15, 0.2) is 11.6 Å². The van der Waals surface area contributed by atoms with Crippen LogP contribution in [0.3, 0.4) is 0 Å². The summed E-state index contributed by atoms with van der Waals surface area (Å²) >= 11 is 8.05. The molecule has 1 spiro atoms. The normalized spacial score (nSPS) is 28.3. The van der Waals surface area contributed by atoms with Crippen LogP contribution in [0.15, 0.2) is 35.9 Å². The molecule has 1 amide bonds. The third-order valence-electron chi connectivity index (χ3n) is 12.9. The molecule has 1 aromatic heterocycles.